The van der Waals surface area contributed by atoms with Crippen LogP contribution in [0, 0.1) is 0 Å². The Morgan fingerprint density at radius 3 is 2.53 bits per heavy atom. The van der Waals surface area contributed by atoms with Crippen LogP contribution in [-0.2, 0) is 9.59 Å². The van der Waals surface area contributed by atoms with Crippen molar-refractivity contribution >= 4 is 11.8 Å². The highest BCUT2D eigenvalue weighted by Crippen LogP contribution is 2.18. The van der Waals surface area contributed by atoms with E-state index in [0.717, 1.165) is 0 Å². The first-order chi connectivity index (χ1) is 7.16. The van der Waals surface area contributed by atoms with Gasteiger partial charge in [-0.15, -0.1) is 0 Å². The summed E-state index contributed by atoms with van der Waals surface area (Å²) >= 11 is 0. The maximum atomic E-state index is 11.4. The van der Waals surface area contributed by atoms with E-state index < -0.39 is 6.04 Å². The van der Waals surface area contributed by atoms with Gasteiger partial charge in [0.15, 0.2) is 0 Å². The van der Waals surface area contributed by atoms with Crippen molar-refractivity contribution in [1.29, 1.82) is 0 Å². The fourth-order valence-electron chi connectivity index (χ4n) is 1.45. The van der Waals surface area contributed by atoms with Crippen molar-refractivity contribution in [3.05, 3.63) is 29.8 Å². The molecule has 2 rings (SSSR count). The molecule has 1 aromatic rings. The Kier molecular flexibility index (Phi) is 2.29. The zero-order valence-corrected chi connectivity index (χ0v) is 7.86. The summed E-state index contributed by atoms with van der Waals surface area (Å²) in [7, 11) is 0. The number of nitrogens with one attached hydrogen (secondary N) is 2. The number of hydrogen-bond donors (Lipinski definition) is 3. The summed E-state index contributed by atoms with van der Waals surface area (Å²) in [5.41, 5.74) is 0.651. The molecule has 0 radical (unpaired) electrons. The van der Waals surface area contributed by atoms with Crippen LogP contribution in [0.4, 0.5) is 0 Å². The van der Waals surface area contributed by atoms with Gasteiger partial charge >= 0.3 is 0 Å². The highest BCUT2D eigenvalue weighted by Gasteiger charge is 2.26. The van der Waals surface area contributed by atoms with Gasteiger partial charge in [-0.25, -0.2) is 0 Å². The predicted octanol–water partition coefficient (Wildman–Crippen LogP) is -0.321. The molecule has 1 aliphatic heterocycles. The van der Waals surface area contributed by atoms with Gasteiger partial charge in [-0.2, -0.15) is 0 Å². The standard InChI is InChI=1S/C10H10N2O3/c13-7-3-1-6(2-4-7)9-10(15)11-5-8(14)12-9/h1-4,9,13H,5H2,(H,11,15)(H,12,14)/t9-/m0/s1. The third-order valence-corrected chi connectivity index (χ3v) is 2.22. The van der Waals surface area contributed by atoms with Crippen LogP contribution in [0.1, 0.15) is 11.6 Å². The SMILES string of the molecule is O=C1CNC(=O)[C@H](c2ccc(O)cc2)N1. The molecule has 2 amide bonds. The number of aromatic hydroxyl groups is 1. The minimum Gasteiger partial charge on any atom is -0.508 e. The fraction of sp³-hybridized carbons (Fsp3) is 0.200. The van der Waals surface area contributed by atoms with Crippen LogP contribution in [0.2, 0.25) is 0 Å². The summed E-state index contributed by atoms with van der Waals surface area (Å²) in [5.74, 6) is -0.325. The summed E-state index contributed by atoms with van der Waals surface area (Å²) in [6.45, 7) is 0.0212. The molecule has 1 saturated heterocycles. The average molecular weight is 206 g/mol. The van der Waals surface area contributed by atoms with E-state index in [9.17, 15) is 9.59 Å². The van der Waals surface area contributed by atoms with Gasteiger partial charge in [0.25, 0.3) is 0 Å². The zero-order valence-electron chi connectivity index (χ0n) is 7.86. The molecular weight excluding hydrogens is 196 g/mol. The number of phenols is 1. The lowest BCUT2D eigenvalue weighted by Crippen LogP contribution is -2.50. The molecule has 5 nitrogen and oxygen atoms in total. The summed E-state index contributed by atoms with van der Waals surface area (Å²) in [5, 5.41) is 14.1. The van der Waals surface area contributed by atoms with E-state index in [1.54, 1.807) is 12.1 Å². The molecular formula is C10H10N2O3. The van der Waals surface area contributed by atoms with Crippen molar-refractivity contribution in [1.82, 2.24) is 10.6 Å². The summed E-state index contributed by atoms with van der Waals surface area (Å²) < 4.78 is 0. The Balaban J connectivity index is 2.25. The molecule has 5 heteroatoms. The van der Waals surface area contributed by atoms with Crippen LogP contribution in [0.3, 0.4) is 0 Å². The zero-order chi connectivity index (χ0) is 10.8. The lowest BCUT2D eigenvalue weighted by Gasteiger charge is -2.23. The Bertz CT molecular complexity index is 400. The molecule has 78 valence electrons. The summed E-state index contributed by atoms with van der Waals surface area (Å²) in [6.07, 6.45) is 0. The highest BCUT2D eigenvalue weighted by atomic mass is 16.3. The molecule has 0 aliphatic carbocycles. The molecule has 15 heavy (non-hydrogen) atoms. The maximum absolute atomic E-state index is 11.4. The Morgan fingerprint density at radius 1 is 1.20 bits per heavy atom. The van der Waals surface area contributed by atoms with Crippen molar-refractivity contribution in [3.63, 3.8) is 0 Å². The molecule has 1 heterocycles. The highest BCUT2D eigenvalue weighted by molar-refractivity contribution is 5.95. The summed E-state index contributed by atoms with van der Waals surface area (Å²) in [4.78, 5) is 22.5. The second-order valence-corrected chi connectivity index (χ2v) is 3.31. The molecule has 1 atom stereocenters. The molecule has 1 fully saturated rings. The third kappa shape index (κ3) is 1.90. The van der Waals surface area contributed by atoms with Crippen LogP contribution in [0.5, 0.6) is 5.75 Å². The second-order valence-electron chi connectivity index (χ2n) is 3.31. The van der Waals surface area contributed by atoms with Gasteiger partial charge in [0.05, 0.1) is 6.54 Å². The van der Waals surface area contributed by atoms with Gasteiger partial charge in [-0.05, 0) is 17.7 Å². The molecule has 1 aromatic carbocycles. The first-order valence-corrected chi connectivity index (χ1v) is 4.53. The van der Waals surface area contributed by atoms with E-state index in [1.807, 2.05) is 0 Å². The van der Waals surface area contributed by atoms with Crippen LogP contribution in [0.25, 0.3) is 0 Å². The number of hydrogen-bond acceptors (Lipinski definition) is 3. The third-order valence-electron chi connectivity index (χ3n) is 2.22. The number of piperazine rings is 1. The van der Waals surface area contributed by atoms with Gasteiger partial charge in [0.1, 0.15) is 11.8 Å². The van der Waals surface area contributed by atoms with Gasteiger partial charge in [-0.1, -0.05) is 12.1 Å². The molecule has 0 bridgehead atoms. The molecule has 1 aliphatic rings. The molecule has 0 saturated carbocycles. The summed E-state index contributed by atoms with van der Waals surface area (Å²) in [6, 6.07) is 5.50. The Labute approximate surface area is 86.1 Å². The van der Waals surface area contributed by atoms with Crippen LogP contribution < -0.4 is 10.6 Å². The smallest absolute Gasteiger partial charge is 0.247 e. The number of amides is 2. The van der Waals surface area contributed by atoms with Crippen molar-refractivity contribution in [2.24, 2.45) is 0 Å². The lowest BCUT2D eigenvalue weighted by atomic mass is 10.0. The first kappa shape index (κ1) is 9.51. The van der Waals surface area contributed by atoms with E-state index in [-0.39, 0.29) is 24.1 Å². The van der Waals surface area contributed by atoms with Gasteiger partial charge < -0.3 is 15.7 Å². The number of benzene rings is 1. The van der Waals surface area contributed by atoms with Crippen molar-refractivity contribution in [2.45, 2.75) is 6.04 Å². The normalized spacial score (nSPS) is 20.7. The van der Waals surface area contributed by atoms with E-state index in [1.165, 1.54) is 12.1 Å². The van der Waals surface area contributed by atoms with E-state index in [0.29, 0.717) is 5.56 Å². The molecule has 3 N–H and O–H groups in total. The van der Waals surface area contributed by atoms with Crippen molar-refractivity contribution in [2.75, 3.05) is 6.54 Å². The van der Waals surface area contributed by atoms with E-state index >= 15 is 0 Å². The minimum atomic E-state index is -0.660. The van der Waals surface area contributed by atoms with Gasteiger partial charge in [0, 0.05) is 0 Å². The van der Waals surface area contributed by atoms with Crippen molar-refractivity contribution < 1.29 is 14.7 Å². The number of carbonyl (C=O) groups is 2. The number of rotatable bonds is 1. The fourth-order valence-corrected chi connectivity index (χ4v) is 1.45. The largest absolute Gasteiger partial charge is 0.508 e. The second kappa shape index (κ2) is 3.61. The Hall–Kier alpha value is -2.04. The van der Waals surface area contributed by atoms with E-state index in [4.69, 9.17) is 5.11 Å². The topological polar surface area (TPSA) is 78.4 Å². The predicted molar refractivity (Wildman–Crippen MR) is 52.0 cm³/mol. The van der Waals surface area contributed by atoms with E-state index in [2.05, 4.69) is 10.6 Å². The Morgan fingerprint density at radius 2 is 1.87 bits per heavy atom. The van der Waals surface area contributed by atoms with Gasteiger partial charge in [-0.3, -0.25) is 9.59 Å². The minimum absolute atomic E-state index is 0.0212. The van der Waals surface area contributed by atoms with Gasteiger partial charge in [0.2, 0.25) is 11.8 Å². The molecule has 0 aromatic heterocycles. The van der Waals surface area contributed by atoms with Crippen LogP contribution in [0.15, 0.2) is 24.3 Å². The quantitative estimate of drug-likeness (QED) is 0.589. The van der Waals surface area contributed by atoms with Crippen LogP contribution >= 0.6 is 0 Å². The lowest BCUT2D eigenvalue weighted by molar-refractivity contribution is -0.133. The van der Waals surface area contributed by atoms with Crippen LogP contribution in [-0.4, -0.2) is 23.5 Å². The average Bonchev–Trinajstić information content (AvgIpc) is 2.23. The maximum Gasteiger partial charge on any atom is 0.247 e. The monoisotopic (exact) mass is 206 g/mol. The number of phenolic OH excluding ortho intramolecular Hbond substituents is 1. The number of carbonyl (C=O) groups excluding carboxylic acids is 2. The molecule has 0 unspecified atom stereocenters. The molecule has 0 spiro atoms. The van der Waals surface area contributed by atoms with Crippen molar-refractivity contribution in [3.8, 4) is 5.75 Å². The first-order valence-electron chi connectivity index (χ1n) is 4.53.